The third-order valence-corrected chi connectivity index (χ3v) is 6.28. The van der Waals surface area contributed by atoms with Crippen LogP contribution in [0, 0.1) is 6.92 Å². The predicted octanol–water partition coefficient (Wildman–Crippen LogP) is 4.21. The second-order valence-electron chi connectivity index (χ2n) is 7.19. The van der Waals surface area contributed by atoms with Gasteiger partial charge in [0.2, 0.25) is 0 Å². The number of ether oxygens (including phenoxy) is 1. The van der Waals surface area contributed by atoms with Gasteiger partial charge in [-0.2, -0.15) is 5.10 Å². The first kappa shape index (κ1) is 19.1. The quantitative estimate of drug-likeness (QED) is 0.624. The Morgan fingerprint density at radius 2 is 2.21 bits per heavy atom. The topological polar surface area (TPSA) is 60.3 Å². The molecular weight excluding hydrogens is 372 g/mol. The summed E-state index contributed by atoms with van der Waals surface area (Å²) in [6.07, 6.45) is 3.04. The fourth-order valence-electron chi connectivity index (χ4n) is 3.61. The number of anilines is 1. The van der Waals surface area contributed by atoms with Crippen molar-refractivity contribution in [3.05, 3.63) is 41.2 Å². The van der Waals surface area contributed by atoms with Crippen molar-refractivity contribution in [3.63, 3.8) is 0 Å². The number of hydrogen-bond donors (Lipinski definition) is 0. The Kier molecular flexibility index (Phi) is 5.46. The molecule has 4 rings (SSSR count). The predicted molar refractivity (Wildman–Crippen MR) is 112 cm³/mol. The first-order valence-electron chi connectivity index (χ1n) is 9.96. The molecule has 3 heterocycles. The Bertz CT molecular complexity index is 988. The molecule has 1 aliphatic rings. The standard InChI is InChI=1S/C21H26N4O2S/c1-4-15-8-9-17-19(12-15)28-21(22-17)24(13-16-7-6-10-27-16)20(26)18-11-14(3)25(5-2)23-18/h8-9,11-12,16H,4-7,10,13H2,1-3H3. The van der Waals surface area contributed by atoms with Crippen LogP contribution in [-0.2, 0) is 17.7 Å². The van der Waals surface area contributed by atoms with Crippen molar-refractivity contribution in [3.8, 4) is 0 Å². The zero-order valence-corrected chi connectivity index (χ0v) is 17.5. The van der Waals surface area contributed by atoms with Gasteiger partial charge in [0.25, 0.3) is 5.91 Å². The average molecular weight is 399 g/mol. The van der Waals surface area contributed by atoms with Gasteiger partial charge >= 0.3 is 0 Å². The molecule has 1 fully saturated rings. The summed E-state index contributed by atoms with van der Waals surface area (Å²) in [4.78, 5) is 19.9. The lowest BCUT2D eigenvalue weighted by molar-refractivity contribution is 0.0912. The second-order valence-corrected chi connectivity index (χ2v) is 8.20. The van der Waals surface area contributed by atoms with Crippen molar-refractivity contribution in [1.29, 1.82) is 0 Å². The molecule has 2 aromatic heterocycles. The van der Waals surface area contributed by atoms with Gasteiger partial charge in [0, 0.05) is 18.8 Å². The van der Waals surface area contributed by atoms with Gasteiger partial charge in [-0.05, 0) is 56.9 Å². The lowest BCUT2D eigenvalue weighted by Crippen LogP contribution is -2.37. The van der Waals surface area contributed by atoms with Crippen LogP contribution < -0.4 is 4.90 Å². The number of carbonyl (C=O) groups excluding carboxylic acids is 1. The van der Waals surface area contributed by atoms with Crippen molar-refractivity contribution in [2.45, 2.75) is 52.7 Å². The lowest BCUT2D eigenvalue weighted by Gasteiger charge is -2.22. The van der Waals surface area contributed by atoms with Crippen LogP contribution in [0.2, 0.25) is 0 Å². The molecule has 1 aliphatic heterocycles. The summed E-state index contributed by atoms with van der Waals surface area (Å²) in [5, 5.41) is 5.21. The highest BCUT2D eigenvalue weighted by atomic mass is 32.1. The lowest BCUT2D eigenvalue weighted by atomic mass is 10.2. The number of rotatable bonds is 6. The van der Waals surface area contributed by atoms with Crippen molar-refractivity contribution in [2.24, 2.45) is 0 Å². The first-order valence-corrected chi connectivity index (χ1v) is 10.8. The Morgan fingerprint density at radius 1 is 1.36 bits per heavy atom. The average Bonchev–Trinajstić information content (AvgIpc) is 3.44. The van der Waals surface area contributed by atoms with E-state index >= 15 is 0 Å². The number of carbonyl (C=O) groups is 1. The molecule has 148 valence electrons. The van der Waals surface area contributed by atoms with Gasteiger partial charge in [-0.25, -0.2) is 4.98 Å². The summed E-state index contributed by atoms with van der Waals surface area (Å²) in [7, 11) is 0. The smallest absolute Gasteiger partial charge is 0.280 e. The highest BCUT2D eigenvalue weighted by molar-refractivity contribution is 7.22. The molecular formula is C21H26N4O2S. The molecule has 1 amide bonds. The van der Waals surface area contributed by atoms with Gasteiger partial charge in [-0.3, -0.25) is 14.4 Å². The minimum absolute atomic E-state index is 0.0523. The van der Waals surface area contributed by atoms with E-state index in [0.29, 0.717) is 17.4 Å². The van der Waals surface area contributed by atoms with Gasteiger partial charge in [0.05, 0.1) is 22.9 Å². The molecule has 1 saturated heterocycles. The van der Waals surface area contributed by atoms with Crippen LogP contribution >= 0.6 is 11.3 Å². The molecule has 0 bridgehead atoms. The highest BCUT2D eigenvalue weighted by Gasteiger charge is 2.28. The molecule has 0 saturated carbocycles. The van der Waals surface area contributed by atoms with Gasteiger partial charge < -0.3 is 4.74 Å². The molecule has 7 heteroatoms. The molecule has 28 heavy (non-hydrogen) atoms. The molecule has 1 atom stereocenters. The van der Waals surface area contributed by atoms with Crippen molar-refractivity contribution >= 4 is 32.6 Å². The van der Waals surface area contributed by atoms with E-state index in [1.54, 1.807) is 16.2 Å². The maximum absolute atomic E-state index is 13.4. The SMILES string of the molecule is CCc1ccc2nc(N(CC3CCCO3)C(=O)c3cc(C)n(CC)n3)sc2c1. The summed E-state index contributed by atoms with van der Waals surface area (Å²) in [6.45, 7) is 8.15. The van der Waals surface area contributed by atoms with Crippen LogP contribution in [0.5, 0.6) is 0 Å². The molecule has 1 unspecified atom stereocenters. The summed E-state index contributed by atoms with van der Waals surface area (Å²) >= 11 is 1.56. The van der Waals surface area contributed by atoms with Gasteiger partial charge in [-0.15, -0.1) is 0 Å². The number of thiazole rings is 1. The number of aryl methyl sites for hydroxylation is 3. The van der Waals surface area contributed by atoms with E-state index in [1.165, 1.54) is 5.56 Å². The fourth-order valence-corrected chi connectivity index (χ4v) is 4.64. The van der Waals surface area contributed by atoms with Crippen LogP contribution in [0.3, 0.4) is 0 Å². The summed E-state index contributed by atoms with van der Waals surface area (Å²) < 4.78 is 8.77. The van der Waals surface area contributed by atoms with Crippen LogP contribution in [0.25, 0.3) is 10.2 Å². The van der Waals surface area contributed by atoms with Crippen LogP contribution in [0.4, 0.5) is 5.13 Å². The van der Waals surface area contributed by atoms with Gasteiger partial charge in [-0.1, -0.05) is 24.3 Å². The normalized spacial score (nSPS) is 16.8. The Morgan fingerprint density at radius 3 is 2.89 bits per heavy atom. The van der Waals surface area contributed by atoms with E-state index in [-0.39, 0.29) is 12.0 Å². The molecule has 0 aliphatic carbocycles. The number of amides is 1. The second kappa shape index (κ2) is 8.01. The number of benzene rings is 1. The van der Waals surface area contributed by atoms with Crippen molar-refractivity contribution < 1.29 is 9.53 Å². The molecule has 1 aromatic carbocycles. The minimum atomic E-state index is -0.111. The summed E-state index contributed by atoms with van der Waals surface area (Å²) in [5.74, 6) is -0.111. The highest BCUT2D eigenvalue weighted by Crippen LogP contribution is 2.31. The Balaban J connectivity index is 1.70. The molecule has 6 nitrogen and oxygen atoms in total. The Hall–Kier alpha value is -2.25. The first-order chi connectivity index (χ1) is 13.6. The third-order valence-electron chi connectivity index (χ3n) is 5.24. The van der Waals surface area contributed by atoms with Crippen molar-refractivity contribution in [1.82, 2.24) is 14.8 Å². The van der Waals surface area contributed by atoms with Crippen LogP contribution in [0.1, 0.15) is 48.4 Å². The van der Waals surface area contributed by atoms with Gasteiger partial charge in [0.1, 0.15) is 0 Å². The molecule has 0 N–H and O–H groups in total. The zero-order chi connectivity index (χ0) is 19.7. The van der Waals surface area contributed by atoms with Crippen molar-refractivity contribution in [2.75, 3.05) is 18.1 Å². The van der Waals surface area contributed by atoms with E-state index in [0.717, 1.165) is 48.3 Å². The van der Waals surface area contributed by atoms with E-state index in [2.05, 4.69) is 24.2 Å². The molecule has 0 spiro atoms. The zero-order valence-electron chi connectivity index (χ0n) is 16.6. The maximum atomic E-state index is 13.4. The molecule has 3 aromatic rings. The van der Waals surface area contributed by atoms with E-state index in [9.17, 15) is 4.79 Å². The number of aromatic nitrogens is 3. The summed E-state index contributed by atoms with van der Waals surface area (Å²) in [5.41, 5.74) is 3.65. The number of nitrogens with zero attached hydrogens (tertiary/aromatic N) is 4. The maximum Gasteiger partial charge on any atom is 0.280 e. The number of fused-ring (bicyclic) bond motifs is 1. The minimum Gasteiger partial charge on any atom is -0.376 e. The van der Waals surface area contributed by atoms with Gasteiger partial charge in [0.15, 0.2) is 10.8 Å². The Labute approximate surface area is 169 Å². The van der Waals surface area contributed by atoms with E-state index < -0.39 is 0 Å². The fraction of sp³-hybridized carbons (Fsp3) is 0.476. The molecule has 0 radical (unpaired) electrons. The van der Waals surface area contributed by atoms with Crippen LogP contribution in [-0.4, -0.2) is 39.9 Å². The largest absolute Gasteiger partial charge is 0.376 e. The van der Waals surface area contributed by atoms with E-state index in [1.807, 2.05) is 30.7 Å². The third kappa shape index (κ3) is 3.69. The van der Waals surface area contributed by atoms with Crippen LogP contribution in [0.15, 0.2) is 24.3 Å². The monoisotopic (exact) mass is 398 g/mol. The van der Waals surface area contributed by atoms with E-state index in [4.69, 9.17) is 9.72 Å². The summed E-state index contributed by atoms with van der Waals surface area (Å²) in [6, 6.07) is 8.17. The number of hydrogen-bond acceptors (Lipinski definition) is 5.